The minimum atomic E-state index is -3.55. The number of carbonyl (C=O) groups is 2. The summed E-state index contributed by atoms with van der Waals surface area (Å²) in [5.74, 6) is -0.531. The number of nitrogens with zero attached hydrogens (tertiary/aromatic N) is 1. The van der Waals surface area contributed by atoms with Crippen LogP contribution >= 0.6 is 0 Å². The van der Waals surface area contributed by atoms with E-state index in [1.165, 1.54) is 45.5 Å². The number of ether oxygens (including phenoxy) is 2. The Morgan fingerprint density at radius 3 is 2.33 bits per heavy atom. The molecule has 0 aromatic heterocycles. The predicted octanol–water partition coefficient (Wildman–Crippen LogP) is 1.74. The third-order valence-electron chi connectivity index (χ3n) is 3.57. The van der Waals surface area contributed by atoms with E-state index >= 15 is 0 Å². The zero-order valence-electron chi connectivity index (χ0n) is 15.1. The van der Waals surface area contributed by atoms with Gasteiger partial charge in [0, 0.05) is 31.4 Å². The number of hydrogen-bond donors (Lipinski definition) is 1. The van der Waals surface area contributed by atoms with Crippen molar-refractivity contribution >= 4 is 27.6 Å². The number of sulfonamides is 1. The quantitative estimate of drug-likeness (QED) is 0.720. The summed E-state index contributed by atoms with van der Waals surface area (Å²) in [6.45, 7) is -0.240. The number of hydrogen-bond acceptors (Lipinski definition) is 6. The molecule has 0 saturated carbocycles. The van der Waals surface area contributed by atoms with Gasteiger partial charge in [0.15, 0.2) is 6.61 Å². The predicted molar refractivity (Wildman–Crippen MR) is 99.2 cm³/mol. The van der Waals surface area contributed by atoms with E-state index in [0.29, 0.717) is 17.0 Å². The number of carbonyl (C=O) groups excluding carboxylic acids is 2. The third-order valence-corrected chi connectivity index (χ3v) is 5.40. The van der Waals surface area contributed by atoms with Gasteiger partial charge >= 0.3 is 5.97 Å². The molecule has 0 fully saturated rings. The first kappa shape index (κ1) is 20.4. The van der Waals surface area contributed by atoms with Crippen molar-refractivity contribution in [3.8, 4) is 5.75 Å². The summed E-state index contributed by atoms with van der Waals surface area (Å²) in [6.07, 6.45) is 0. The van der Waals surface area contributed by atoms with Crippen LogP contribution in [0.5, 0.6) is 5.75 Å². The highest BCUT2D eigenvalue weighted by Gasteiger charge is 2.17. The molecule has 0 aliphatic heterocycles. The molecule has 0 radical (unpaired) electrons. The first-order valence-electron chi connectivity index (χ1n) is 7.87. The highest BCUT2D eigenvalue weighted by Crippen LogP contribution is 2.19. The van der Waals surface area contributed by atoms with Gasteiger partial charge in [-0.25, -0.2) is 17.5 Å². The van der Waals surface area contributed by atoms with Crippen LogP contribution in [0.25, 0.3) is 0 Å². The first-order valence-corrected chi connectivity index (χ1v) is 9.31. The van der Waals surface area contributed by atoms with Crippen LogP contribution in [0.1, 0.15) is 10.4 Å². The summed E-state index contributed by atoms with van der Waals surface area (Å²) >= 11 is 0. The van der Waals surface area contributed by atoms with Gasteiger partial charge in [-0.1, -0.05) is 6.07 Å². The van der Waals surface area contributed by atoms with Gasteiger partial charge in [-0.05, 0) is 36.4 Å². The molecule has 0 atom stereocenters. The Hall–Kier alpha value is -2.91. The SMILES string of the molecule is COC(=O)COc1cccc(NC(=O)c2ccc(S(=O)(=O)N(C)C)cc2)c1. The van der Waals surface area contributed by atoms with E-state index in [9.17, 15) is 18.0 Å². The van der Waals surface area contributed by atoms with Crippen LogP contribution in [0, 0.1) is 0 Å². The average molecular weight is 392 g/mol. The van der Waals surface area contributed by atoms with Gasteiger partial charge in [0.2, 0.25) is 10.0 Å². The fourth-order valence-electron chi connectivity index (χ4n) is 2.06. The molecule has 2 aromatic rings. The van der Waals surface area contributed by atoms with Crippen molar-refractivity contribution in [1.82, 2.24) is 4.31 Å². The monoisotopic (exact) mass is 392 g/mol. The molecule has 0 bridgehead atoms. The molecule has 1 N–H and O–H groups in total. The number of amides is 1. The van der Waals surface area contributed by atoms with Gasteiger partial charge in [0.25, 0.3) is 5.91 Å². The molecule has 27 heavy (non-hydrogen) atoms. The molecule has 0 heterocycles. The lowest BCUT2D eigenvalue weighted by Crippen LogP contribution is -2.22. The molecule has 0 saturated heterocycles. The molecule has 144 valence electrons. The van der Waals surface area contributed by atoms with E-state index < -0.39 is 21.9 Å². The molecule has 1 amide bonds. The van der Waals surface area contributed by atoms with Gasteiger partial charge in [-0.15, -0.1) is 0 Å². The zero-order chi connectivity index (χ0) is 20.0. The summed E-state index contributed by atoms with van der Waals surface area (Å²) in [7, 11) is 0.581. The van der Waals surface area contributed by atoms with Crippen LogP contribution in [-0.2, 0) is 19.6 Å². The summed E-state index contributed by atoms with van der Waals surface area (Å²) < 4.78 is 35.0. The molecule has 2 aromatic carbocycles. The molecule has 0 aliphatic carbocycles. The number of rotatable bonds is 7. The Morgan fingerprint density at radius 1 is 1.07 bits per heavy atom. The zero-order valence-corrected chi connectivity index (χ0v) is 15.9. The minimum Gasteiger partial charge on any atom is -0.482 e. The van der Waals surface area contributed by atoms with Gasteiger partial charge < -0.3 is 14.8 Å². The molecule has 0 unspecified atom stereocenters. The van der Waals surface area contributed by atoms with Crippen molar-refractivity contribution in [3.05, 3.63) is 54.1 Å². The third kappa shape index (κ3) is 5.28. The van der Waals surface area contributed by atoms with E-state index in [1.807, 2.05) is 0 Å². The van der Waals surface area contributed by atoms with Crippen molar-refractivity contribution < 1.29 is 27.5 Å². The smallest absolute Gasteiger partial charge is 0.343 e. The van der Waals surface area contributed by atoms with Crippen LogP contribution < -0.4 is 10.1 Å². The second-order valence-corrected chi connectivity index (χ2v) is 7.81. The Kier molecular flexibility index (Phi) is 6.54. The lowest BCUT2D eigenvalue weighted by atomic mass is 10.2. The Bertz CT molecular complexity index is 923. The standard InChI is InChI=1S/C18H20N2O6S/c1-20(2)27(23,24)16-9-7-13(8-10-16)18(22)19-14-5-4-6-15(11-14)26-12-17(21)25-3/h4-11H,12H2,1-3H3,(H,19,22). The molecular formula is C18H20N2O6S. The number of esters is 1. The van der Waals surface area contributed by atoms with Crippen molar-refractivity contribution in [1.29, 1.82) is 0 Å². The lowest BCUT2D eigenvalue weighted by Gasteiger charge is -2.12. The summed E-state index contributed by atoms with van der Waals surface area (Å²) in [4.78, 5) is 23.6. The van der Waals surface area contributed by atoms with Crippen LogP contribution in [0.15, 0.2) is 53.4 Å². The minimum absolute atomic E-state index is 0.0993. The Balaban J connectivity index is 2.08. The number of methoxy groups -OCH3 is 1. The fourth-order valence-corrected chi connectivity index (χ4v) is 2.96. The van der Waals surface area contributed by atoms with E-state index in [0.717, 1.165) is 4.31 Å². The Morgan fingerprint density at radius 2 is 1.74 bits per heavy atom. The number of anilines is 1. The molecular weight excluding hydrogens is 372 g/mol. The van der Waals surface area contributed by atoms with Crippen LogP contribution in [0.2, 0.25) is 0 Å². The van der Waals surface area contributed by atoms with Crippen molar-refractivity contribution in [2.24, 2.45) is 0 Å². The lowest BCUT2D eigenvalue weighted by molar-refractivity contribution is -0.142. The highest BCUT2D eigenvalue weighted by molar-refractivity contribution is 7.89. The Labute approximate surface area is 157 Å². The van der Waals surface area contributed by atoms with Gasteiger partial charge in [0.1, 0.15) is 5.75 Å². The molecule has 0 aliphatic rings. The van der Waals surface area contributed by atoms with Gasteiger partial charge in [0.05, 0.1) is 12.0 Å². The normalized spacial score (nSPS) is 11.1. The van der Waals surface area contributed by atoms with E-state index in [2.05, 4.69) is 10.1 Å². The molecule has 9 heteroatoms. The van der Waals surface area contributed by atoms with Gasteiger partial charge in [-0.3, -0.25) is 4.79 Å². The van der Waals surface area contributed by atoms with Crippen molar-refractivity contribution in [2.45, 2.75) is 4.90 Å². The van der Waals surface area contributed by atoms with E-state index in [1.54, 1.807) is 24.3 Å². The first-order chi connectivity index (χ1) is 12.7. The largest absolute Gasteiger partial charge is 0.482 e. The summed E-state index contributed by atoms with van der Waals surface area (Å²) in [5, 5.41) is 2.69. The maximum absolute atomic E-state index is 12.3. The summed E-state index contributed by atoms with van der Waals surface area (Å²) in [6, 6.07) is 12.1. The highest BCUT2D eigenvalue weighted by atomic mass is 32.2. The molecule has 8 nitrogen and oxygen atoms in total. The topological polar surface area (TPSA) is 102 Å². The fraction of sp³-hybridized carbons (Fsp3) is 0.222. The number of nitrogens with one attached hydrogen (secondary N) is 1. The maximum Gasteiger partial charge on any atom is 0.343 e. The van der Waals surface area contributed by atoms with Crippen molar-refractivity contribution in [3.63, 3.8) is 0 Å². The van der Waals surface area contributed by atoms with Crippen molar-refractivity contribution in [2.75, 3.05) is 33.1 Å². The van der Waals surface area contributed by atoms with Crippen LogP contribution in [0.4, 0.5) is 5.69 Å². The van der Waals surface area contributed by atoms with Crippen LogP contribution in [0.3, 0.4) is 0 Å². The van der Waals surface area contributed by atoms with Gasteiger partial charge in [-0.2, -0.15) is 0 Å². The van der Waals surface area contributed by atoms with E-state index in [4.69, 9.17) is 4.74 Å². The van der Waals surface area contributed by atoms with Crippen LogP contribution in [-0.4, -0.2) is 52.4 Å². The molecule has 2 rings (SSSR count). The van der Waals surface area contributed by atoms with E-state index in [-0.39, 0.29) is 11.5 Å². The maximum atomic E-state index is 12.3. The molecule has 0 spiro atoms. The number of benzene rings is 2. The second-order valence-electron chi connectivity index (χ2n) is 5.66. The average Bonchev–Trinajstić information content (AvgIpc) is 2.66. The summed E-state index contributed by atoms with van der Waals surface area (Å²) in [5.41, 5.74) is 0.765. The second kappa shape index (κ2) is 8.65.